The Bertz CT molecular complexity index is 369. The van der Waals surface area contributed by atoms with Crippen molar-refractivity contribution in [3.05, 3.63) is 35.6 Å². The van der Waals surface area contributed by atoms with Crippen LogP contribution in [0.25, 0.3) is 0 Å². The molecule has 1 atom stereocenters. The minimum Gasteiger partial charge on any atom is -0.299 e. The van der Waals surface area contributed by atoms with Crippen molar-refractivity contribution in [1.29, 1.82) is 0 Å². The molecule has 1 saturated carbocycles. The summed E-state index contributed by atoms with van der Waals surface area (Å²) in [6, 6.07) is 6.54. The summed E-state index contributed by atoms with van der Waals surface area (Å²) >= 11 is 0. The van der Waals surface area contributed by atoms with Gasteiger partial charge < -0.3 is 0 Å². The number of benzene rings is 1. The van der Waals surface area contributed by atoms with Crippen molar-refractivity contribution in [2.24, 2.45) is 5.92 Å². The summed E-state index contributed by atoms with van der Waals surface area (Å²) in [4.78, 5) is 12.0. The molecule has 0 spiro atoms. The zero-order valence-electron chi connectivity index (χ0n) is 10.1. The number of Topliss-reactive ketones (excluding diaryl/α,β-unsaturated/α-hetero) is 1. The second kappa shape index (κ2) is 5.95. The van der Waals surface area contributed by atoms with Crippen molar-refractivity contribution in [2.45, 2.75) is 44.9 Å². The van der Waals surface area contributed by atoms with Gasteiger partial charge in [0, 0.05) is 12.3 Å². The van der Waals surface area contributed by atoms with Gasteiger partial charge in [-0.25, -0.2) is 4.39 Å². The molecule has 0 radical (unpaired) electrons. The molecular formula is C15H19FO. The van der Waals surface area contributed by atoms with Crippen molar-refractivity contribution in [2.75, 3.05) is 0 Å². The number of rotatable bonds is 2. The van der Waals surface area contributed by atoms with Crippen molar-refractivity contribution in [1.82, 2.24) is 0 Å². The van der Waals surface area contributed by atoms with Gasteiger partial charge in [0.05, 0.1) is 0 Å². The Labute approximate surface area is 102 Å². The van der Waals surface area contributed by atoms with Gasteiger partial charge in [0.2, 0.25) is 0 Å². The zero-order chi connectivity index (χ0) is 12.1. The van der Waals surface area contributed by atoms with E-state index in [2.05, 4.69) is 0 Å². The van der Waals surface area contributed by atoms with E-state index in [1.807, 2.05) is 0 Å². The average molecular weight is 234 g/mol. The van der Waals surface area contributed by atoms with Gasteiger partial charge in [-0.3, -0.25) is 4.79 Å². The standard InChI is InChI=1S/C15H19FO/c16-14-9-7-12(8-10-14)11-13-5-3-1-2-4-6-15(13)17/h7-10,13H,1-6,11H2. The molecule has 1 aromatic rings. The summed E-state index contributed by atoms with van der Waals surface area (Å²) < 4.78 is 12.8. The maximum absolute atomic E-state index is 12.8. The SMILES string of the molecule is O=C1CCCCCCC1Cc1ccc(F)cc1. The fraction of sp³-hybridized carbons (Fsp3) is 0.533. The third-order valence-corrected chi connectivity index (χ3v) is 3.58. The Kier molecular flexibility index (Phi) is 4.29. The Hall–Kier alpha value is -1.18. The molecule has 1 fully saturated rings. The molecule has 0 aromatic heterocycles. The van der Waals surface area contributed by atoms with E-state index in [1.54, 1.807) is 12.1 Å². The van der Waals surface area contributed by atoms with Crippen LogP contribution < -0.4 is 0 Å². The average Bonchev–Trinajstić information content (AvgIpc) is 2.31. The molecule has 17 heavy (non-hydrogen) atoms. The van der Waals surface area contributed by atoms with Gasteiger partial charge in [0.15, 0.2) is 0 Å². The number of halogens is 1. The van der Waals surface area contributed by atoms with Crippen molar-refractivity contribution in [3.8, 4) is 0 Å². The highest BCUT2D eigenvalue weighted by molar-refractivity contribution is 5.81. The molecule has 1 unspecified atom stereocenters. The molecule has 0 heterocycles. The minimum atomic E-state index is -0.210. The largest absolute Gasteiger partial charge is 0.299 e. The van der Waals surface area contributed by atoms with E-state index < -0.39 is 0 Å². The van der Waals surface area contributed by atoms with Crippen LogP contribution in [0.2, 0.25) is 0 Å². The maximum atomic E-state index is 12.8. The first-order valence-corrected chi connectivity index (χ1v) is 6.53. The van der Waals surface area contributed by atoms with Crippen LogP contribution in [-0.4, -0.2) is 5.78 Å². The maximum Gasteiger partial charge on any atom is 0.136 e. The van der Waals surface area contributed by atoms with Crippen molar-refractivity contribution >= 4 is 5.78 Å². The molecule has 1 aliphatic carbocycles. The fourth-order valence-electron chi connectivity index (χ4n) is 2.53. The topological polar surface area (TPSA) is 17.1 Å². The first-order valence-electron chi connectivity index (χ1n) is 6.53. The zero-order valence-corrected chi connectivity index (χ0v) is 10.1. The summed E-state index contributed by atoms with van der Waals surface area (Å²) in [6.45, 7) is 0. The van der Waals surface area contributed by atoms with Gasteiger partial charge in [-0.15, -0.1) is 0 Å². The predicted octanol–water partition coefficient (Wildman–Crippen LogP) is 3.91. The van der Waals surface area contributed by atoms with E-state index in [-0.39, 0.29) is 11.7 Å². The first kappa shape index (κ1) is 12.3. The molecule has 2 rings (SSSR count). The number of carbonyl (C=O) groups excluding carboxylic acids is 1. The van der Waals surface area contributed by atoms with Crippen LogP contribution in [0.5, 0.6) is 0 Å². The molecule has 2 heteroatoms. The highest BCUT2D eigenvalue weighted by Gasteiger charge is 2.19. The van der Waals surface area contributed by atoms with Crippen LogP contribution in [0.1, 0.15) is 44.1 Å². The summed E-state index contributed by atoms with van der Waals surface area (Å²) in [5.74, 6) is 0.340. The second-order valence-electron chi connectivity index (χ2n) is 4.95. The summed E-state index contributed by atoms with van der Waals surface area (Å²) in [7, 11) is 0. The Morgan fingerprint density at radius 2 is 1.76 bits per heavy atom. The quantitative estimate of drug-likeness (QED) is 0.758. The normalized spacial score (nSPS) is 21.9. The van der Waals surface area contributed by atoms with Gasteiger partial charge >= 0.3 is 0 Å². The molecule has 92 valence electrons. The smallest absolute Gasteiger partial charge is 0.136 e. The lowest BCUT2D eigenvalue weighted by Gasteiger charge is -2.18. The molecule has 0 N–H and O–H groups in total. The summed E-state index contributed by atoms with van der Waals surface area (Å²) in [5, 5.41) is 0. The van der Waals surface area contributed by atoms with Crippen LogP contribution >= 0.6 is 0 Å². The molecule has 1 nitrogen and oxygen atoms in total. The van der Waals surface area contributed by atoms with E-state index in [9.17, 15) is 9.18 Å². The lowest BCUT2D eigenvalue weighted by Crippen LogP contribution is -2.18. The third kappa shape index (κ3) is 3.65. The monoisotopic (exact) mass is 234 g/mol. The van der Waals surface area contributed by atoms with E-state index in [1.165, 1.54) is 25.0 Å². The van der Waals surface area contributed by atoms with Crippen LogP contribution in [0.15, 0.2) is 24.3 Å². The lowest BCUT2D eigenvalue weighted by molar-refractivity contribution is -0.123. The fourth-order valence-corrected chi connectivity index (χ4v) is 2.53. The van der Waals surface area contributed by atoms with Crippen molar-refractivity contribution < 1.29 is 9.18 Å². The number of hydrogen-bond acceptors (Lipinski definition) is 1. The van der Waals surface area contributed by atoms with Crippen LogP contribution in [0.3, 0.4) is 0 Å². The number of carbonyl (C=O) groups is 1. The van der Waals surface area contributed by atoms with Crippen LogP contribution in [0.4, 0.5) is 4.39 Å². The Balaban J connectivity index is 1.99. The van der Waals surface area contributed by atoms with Gasteiger partial charge in [-0.1, -0.05) is 31.4 Å². The van der Waals surface area contributed by atoms with Gasteiger partial charge in [0.25, 0.3) is 0 Å². The lowest BCUT2D eigenvalue weighted by atomic mass is 9.86. The van der Waals surface area contributed by atoms with Crippen LogP contribution in [-0.2, 0) is 11.2 Å². The van der Waals surface area contributed by atoms with Gasteiger partial charge in [-0.05, 0) is 37.0 Å². The molecular weight excluding hydrogens is 215 g/mol. The molecule has 1 aliphatic rings. The van der Waals surface area contributed by atoms with Crippen molar-refractivity contribution in [3.63, 3.8) is 0 Å². The third-order valence-electron chi connectivity index (χ3n) is 3.58. The van der Waals surface area contributed by atoms with E-state index in [4.69, 9.17) is 0 Å². The van der Waals surface area contributed by atoms with E-state index in [0.717, 1.165) is 37.7 Å². The molecule has 0 bridgehead atoms. The van der Waals surface area contributed by atoms with Crippen LogP contribution in [0, 0.1) is 11.7 Å². The highest BCUT2D eigenvalue weighted by atomic mass is 19.1. The van der Waals surface area contributed by atoms with E-state index >= 15 is 0 Å². The minimum absolute atomic E-state index is 0.153. The predicted molar refractivity (Wildman–Crippen MR) is 66.3 cm³/mol. The molecule has 0 saturated heterocycles. The van der Waals surface area contributed by atoms with Gasteiger partial charge in [-0.2, -0.15) is 0 Å². The number of ketones is 1. The van der Waals surface area contributed by atoms with Gasteiger partial charge in [0.1, 0.15) is 11.6 Å². The molecule has 1 aromatic carbocycles. The molecule has 0 aliphatic heterocycles. The second-order valence-corrected chi connectivity index (χ2v) is 4.95. The Morgan fingerprint density at radius 3 is 2.53 bits per heavy atom. The summed E-state index contributed by atoms with van der Waals surface area (Å²) in [5.41, 5.74) is 1.07. The first-order chi connectivity index (χ1) is 8.25. The Morgan fingerprint density at radius 1 is 1.06 bits per heavy atom. The number of hydrogen-bond donors (Lipinski definition) is 0. The summed E-state index contributed by atoms with van der Waals surface area (Å²) in [6.07, 6.45) is 7.12. The highest BCUT2D eigenvalue weighted by Crippen LogP contribution is 2.23. The molecule has 0 amide bonds. The van der Waals surface area contributed by atoms with E-state index in [0.29, 0.717) is 5.78 Å².